The lowest BCUT2D eigenvalue weighted by atomic mass is 10.00. The molecule has 0 aliphatic heterocycles. The van der Waals surface area contributed by atoms with Crippen LogP contribution in [-0.2, 0) is 40.0 Å². The molecule has 0 radical (unpaired) electrons. The molecule has 3 aromatic carbocycles. The van der Waals surface area contributed by atoms with E-state index in [9.17, 15) is 9.59 Å². The van der Waals surface area contributed by atoms with Crippen LogP contribution >= 0.6 is 0 Å². The third-order valence-corrected chi connectivity index (χ3v) is 6.07. The van der Waals surface area contributed by atoms with Gasteiger partial charge in [0.1, 0.15) is 0 Å². The molecule has 0 saturated carbocycles. The van der Waals surface area contributed by atoms with E-state index in [4.69, 9.17) is 4.74 Å². The van der Waals surface area contributed by atoms with Crippen molar-refractivity contribution in [2.75, 3.05) is 6.61 Å². The minimum absolute atomic E-state index is 0. The van der Waals surface area contributed by atoms with E-state index < -0.39 is 0 Å². The van der Waals surface area contributed by atoms with Gasteiger partial charge in [-0.2, -0.15) is 0 Å². The van der Waals surface area contributed by atoms with Crippen LogP contribution in [0.3, 0.4) is 0 Å². The number of rotatable bonds is 11. The van der Waals surface area contributed by atoms with Crippen molar-refractivity contribution in [3.63, 3.8) is 0 Å². The molecule has 0 N–H and O–H groups in total. The molecule has 0 heterocycles. The molecule has 3 heteroatoms. The summed E-state index contributed by atoms with van der Waals surface area (Å²) in [6.07, 6.45) is 4.09. The van der Waals surface area contributed by atoms with Crippen LogP contribution < -0.4 is 0 Å². The Morgan fingerprint density at radius 2 is 0.936 bits per heavy atom. The summed E-state index contributed by atoms with van der Waals surface area (Å²) in [5.41, 5.74) is 8.72. The highest BCUT2D eigenvalue weighted by Gasteiger charge is 2.04. The number of aryl methyl sites for hydroxylation is 3. The Balaban J connectivity index is -0.000000146. The van der Waals surface area contributed by atoms with Gasteiger partial charge in [0.2, 0.25) is 0 Å². The number of hydrogen-bond donors (Lipinski definition) is 0. The summed E-state index contributed by atoms with van der Waals surface area (Å²) in [5.74, 6) is -0.163. The fourth-order valence-electron chi connectivity index (χ4n) is 3.56. The highest BCUT2D eigenvalue weighted by atomic mass is 16.5. The number of carbonyl (C=O) groups excluding carboxylic acids is 2. The number of hydrogen-bond acceptors (Lipinski definition) is 3. The topological polar surface area (TPSA) is 43.4 Å². The number of esters is 1. The molecule has 0 aliphatic rings. The Bertz CT molecular complexity index is 1170. The average Bonchev–Trinajstić information content (AvgIpc) is 3.05. The van der Waals surface area contributed by atoms with Crippen molar-refractivity contribution in [2.45, 2.75) is 131 Å². The molecule has 0 atom stereocenters. The summed E-state index contributed by atoms with van der Waals surface area (Å²) >= 11 is 0. The average molecular weight is 651 g/mol. The third kappa shape index (κ3) is 26.1. The van der Waals surface area contributed by atoms with Gasteiger partial charge in [0.05, 0.1) is 6.61 Å². The summed E-state index contributed by atoms with van der Waals surface area (Å²) in [6, 6.07) is 25.6. The van der Waals surface area contributed by atoms with Crippen LogP contribution in [0.4, 0.5) is 0 Å². The van der Waals surface area contributed by atoms with Gasteiger partial charge >= 0.3 is 5.97 Å². The summed E-state index contributed by atoms with van der Waals surface area (Å²) in [6.45, 7) is 27.3. The van der Waals surface area contributed by atoms with Crippen LogP contribution in [0.2, 0.25) is 0 Å². The number of allylic oxidation sites excluding steroid dienone is 1. The SMILES string of the molecule is C.C.C.C.C=C(C)C(=O)CCc1ccc(Cc2ccc(C)cc2)cc1.C=C(C)C(=O)OCCc1ccc(CC)cc1.CC.CC.CC. The molecule has 3 aromatic rings. The monoisotopic (exact) mass is 651 g/mol. The van der Waals surface area contributed by atoms with Crippen LogP contribution in [0.15, 0.2) is 97.1 Å². The van der Waals surface area contributed by atoms with Gasteiger partial charge in [-0.15, -0.1) is 0 Å². The largest absolute Gasteiger partial charge is 0.462 e. The summed E-state index contributed by atoms with van der Waals surface area (Å²) in [7, 11) is 0. The molecule has 0 aromatic heterocycles. The second kappa shape index (κ2) is 35.1. The zero-order chi connectivity index (χ0) is 33.2. The Labute approximate surface area is 293 Å². The van der Waals surface area contributed by atoms with Crippen molar-refractivity contribution in [1.82, 2.24) is 0 Å². The van der Waals surface area contributed by atoms with Gasteiger partial charge in [0.15, 0.2) is 5.78 Å². The molecule has 3 nitrogen and oxygen atoms in total. The van der Waals surface area contributed by atoms with Crippen molar-refractivity contribution in [1.29, 1.82) is 0 Å². The standard InChI is InChI=1S/C20H22O.C14H18O2.3C2H6.4CH4/c1-15(2)20(21)13-12-17-8-10-19(11-9-17)14-18-6-4-16(3)5-7-18;1-4-12-5-7-13(8-6-12)9-10-16-14(15)11(2)3;3*1-2;;;;/h4-11H,1,12-14H2,2-3H3;5-8H,2,4,9-10H2,1,3H3;3*1-2H3;4*1H4. The van der Waals surface area contributed by atoms with Gasteiger partial charge in [0, 0.05) is 18.4 Å². The van der Waals surface area contributed by atoms with Gasteiger partial charge in [-0.25, -0.2) is 4.79 Å². The van der Waals surface area contributed by atoms with Crippen LogP contribution in [0.1, 0.15) is 132 Å². The molecule has 0 fully saturated rings. The normalized spacial score (nSPS) is 8.38. The number of ether oxygens (including phenoxy) is 1. The molecular weight excluding hydrogens is 576 g/mol. The Hall–Kier alpha value is -3.72. The first kappa shape index (κ1) is 55.7. The summed E-state index contributed by atoms with van der Waals surface area (Å²) in [4.78, 5) is 22.7. The molecular formula is C44H74O3. The van der Waals surface area contributed by atoms with Crippen LogP contribution in [0, 0.1) is 6.92 Å². The molecule has 0 saturated heterocycles. The predicted octanol–water partition coefficient (Wildman–Crippen LogP) is 13.2. The van der Waals surface area contributed by atoms with Crippen molar-refractivity contribution < 1.29 is 14.3 Å². The highest BCUT2D eigenvalue weighted by Crippen LogP contribution is 2.13. The first-order chi connectivity index (χ1) is 20.7. The lowest BCUT2D eigenvalue weighted by Crippen LogP contribution is -2.07. The quantitative estimate of drug-likeness (QED) is 0.153. The van der Waals surface area contributed by atoms with Crippen molar-refractivity contribution in [2.24, 2.45) is 0 Å². The van der Waals surface area contributed by atoms with E-state index >= 15 is 0 Å². The van der Waals surface area contributed by atoms with Crippen molar-refractivity contribution in [3.05, 3.63) is 130 Å². The Kier molecular flexibility index (Phi) is 41.6. The maximum atomic E-state index is 11.6. The fourth-order valence-corrected chi connectivity index (χ4v) is 3.56. The number of carbonyl (C=O) groups is 2. The lowest BCUT2D eigenvalue weighted by Gasteiger charge is -2.05. The number of benzene rings is 3. The van der Waals surface area contributed by atoms with Crippen molar-refractivity contribution >= 4 is 11.8 Å². The molecule has 0 aliphatic carbocycles. The first-order valence-electron chi connectivity index (χ1n) is 15.9. The zero-order valence-corrected chi connectivity index (χ0v) is 28.8. The van der Waals surface area contributed by atoms with Crippen LogP contribution in [-0.4, -0.2) is 18.4 Å². The molecule has 47 heavy (non-hydrogen) atoms. The molecule has 268 valence electrons. The van der Waals surface area contributed by atoms with Gasteiger partial charge < -0.3 is 4.74 Å². The third-order valence-electron chi connectivity index (χ3n) is 6.07. The first-order valence-corrected chi connectivity index (χ1v) is 15.9. The van der Waals surface area contributed by atoms with E-state index in [-0.39, 0.29) is 41.5 Å². The van der Waals surface area contributed by atoms with E-state index in [1.165, 1.54) is 33.4 Å². The zero-order valence-electron chi connectivity index (χ0n) is 28.8. The Morgan fingerprint density at radius 1 is 0.574 bits per heavy atom. The molecule has 0 amide bonds. The maximum absolute atomic E-state index is 11.6. The minimum atomic E-state index is -0.315. The summed E-state index contributed by atoms with van der Waals surface area (Å²) < 4.78 is 5.03. The van der Waals surface area contributed by atoms with E-state index in [0.29, 0.717) is 24.2 Å². The van der Waals surface area contributed by atoms with E-state index in [0.717, 1.165) is 25.7 Å². The van der Waals surface area contributed by atoms with E-state index in [1.54, 1.807) is 13.8 Å². The van der Waals surface area contributed by atoms with Gasteiger partial charge in [0.25, 0.3) is 0 Å². The minimum Gasteiger partial charge on any atom is -0.462 e. The second-order valence-corrected chi connectivity index (χ2v) is 9.52. The lowest BCUT2D eigenvalue weighted by molar-refractivity contribution is -0.138. The molecule has 0 bridgehead atoms. The number of ketones is 1. The number of Topliss-reactive ketones (excluding diaryl/α,β-unsaturated/α-hetero) is 1. The molecule has 0 spiro atoms. The molecule has 0 unspecified atom stereocenters. The van der Waals surface area contributed by atoms with Gasteiger partial charge in [-0.3, -0.25) is 4.79 Å². The fraction of sp³-hybridized carbons (Fsp3) is 0.455. The van der Waals surface area contributed by atoms with Gasteiger partial charge in [-0.05, 0) is 73.4 Å². The van der Waals surface area contributed by atoms with E-state index in [2.05, 4.69) is 99.8 Å². The predicted molar refractivity (Wildman–Crippen MR) is 215 cm³/mol. The van der Waals surface area contributed by atoms with Crippen LogP contribution in [0.5, 0.6) is 0 Å². The van der Waals surface area contributed by atoms with Gasteiger partial charge in [-0.1, -0.05) is 170 Å². The maximum Gasteiger partial charge on any atom is 0.333 e. The smallest absolute Gasteiger partial charge is 0.333 e. The highest BCUT2D eigenvalue weighted by molar-refractivity contribution is 5.94. The van der Waals surface area contributed by atoms with Crippen LogP contribution in [0.25, 0.3) is 0 Å². The van der Waals surface area contributed by atoms with Crippen molar-refractivity contribution in [3.8, 4) is 0 Å². The summed E-state index contributed by atoms with van der Waals surface area (Å²) in [5, 5.41) is 0. The second-order valence-electron chi connectivity index (χ2n) is 9.52. The molecule has 3 rings (SSSR count). The van der Waals surface area contributed by atoms with E-state index in [1.807, 2.05) is 41.5 Å². The Morgan fingerprint density at radius 3 is 1.32 bits per heavy atom.